The van der Waals surface area contributed by atoms with E-state index in [1.54, 1.807) is 26.4 Å². The van der Waals surface area contributed by atoms with E-state index in [2.05, 4.69) is 121 Å². The van der Waals surface area contributed by atoms with Crippen LogP contribution in [-0.2, 0) is 116 Å². The summed E-state index contributed by atoms with van der Waals surface area (Å²) in [6, 6.07) is 10.6. The van der Waals surface area contributed by atoms with Crippen LogP contribution < -0.4 is 39.9 Å². The van der Waals surface area contributed by atoms with Crippen molar-refractivity contribution in [3.05, 3.63) is 239 Å². The summed E-state index contributed by atoms with van der Waals surface area (Å²) in [5.74, 6) is 3.24. The summed E-state index contributed by atoms with van der Waals surface area (Å²) in [4.78, 5) is 75.8. The first-order valence-electron chi connectivity index (χ1n) is 51.8. The Balaban J connectivity index is 0.000000196. The standard InChI is InChI=1S/2C38H51N5O5.C28H39N3O4.C10H16N2O3/c1-6-25-26(7-2)36-22-40-33-19-37(47-5)38(48-16-10-15-46)20-34(33)39-21-35-24(4)28(12-9-14-45)31(42-35)17-29-23(3)27(11-8-13-44)32(41-29)18-30(25)43-36;1-6-25-26(7-2)36-22-40-34-20-38(48-16-10-15-46)37(47-5)19-33(34)39-21-35-24(4)28(12-9-14-45)31(42-35)17-29-23(3)27(11-8-13-44)32(41-29)18-30(25)43-36;1-5-19-20(6-2)28(16-35)31-24(19)14-26-21(9-7-11-32)17(3)23(29-26)13-25-22(10-8-12-33)18(4)27(15-34)30-25;1-14-9-5-7(11)8(12)6-10(9)15-4-2-3-13/h2*19-22,41-46H,6-18H2,1-5H3;15-16,29-33H,5-14H2,1-4H3;5-6,13H,2-4,11-12H2,1H3. The number of aliphatic imine (C=N–C) groups is 4. The van der Waals surface area contributed by atoms with Gasteiger partial charge in [-0.1, -0.05) is 41.5 Å². The normalized spacial score (nSPS) is 12.1. The van der Waals surface area contributed by atoms with Gasteiger partial charge >= 0.3 is 0 Å². The minimum absolute atomic E-state index is 0.0353. The molecule has 12 bridgehead atoms. The molecular weight excluding hydrogens is 1850 g/mol. The number of nitrogens with one attached hydrogen (secondary N) is 9. The molecule has 2 aliphatic rings. The average Bonchev–Trinajstić information content (AvgIpc) is 1.63. The Hall–Kier alpha value is -12.8. The van der Waals surface area contributed by atoms with Crippen molar-refractivity contribution in [3.8, 4) is 34.5 Å². The number of aliphatic hydroxyl groups is 9. The van der Waals surface area contributed by atoms with Crippen molar-refractivity contribution in [2.24, 2.45) is 20.0 Å². The number of methoxy groups -OCH3 is 3. The second-order valence-corrected chi connectivity index (χ2v) is 37.1. The predicted octanol–water partition coefficient (Wildman–Crippen LogP) is 16.7. The number of nitrogens with two attached hydrogens (primary N) is 2. The van der Waals surface area contributed by atoms with Crippen molar-refractivity contribution in [2.45, 2.75) is 256 Å². The van der Waals surface area contributed by atoms with Gasteiger partial charge < -0.3 is 131 Å². The minimum atomic E-state index is 0.0353. The third-order valence-electron chi connectivity index (χ3n) is 28.1. The number of anilines is 2. The minimum Gasteiger partial charge on any atom is -0.493 e. The number of aliphatic hydroxyl groups excluding tert-OH is 9. The summed E-state index contributed by atoms with van der Waals surface area (Å²) in [5.41, 5.74) is 54.5. The molecule has 0 radical (unpaired) electrons. The van der Waals surface area contributed by atoms with Crippen molar-refractivity contribution in [2.75, 3.05) is 112 Å². The molecule has 9 aromatic heterocycles. The number of hydrogen-bond acceptors (Lipinski definition) is 23. The predicted molar refractivity (Wildman–Crippen MR) is 580 cm³/mol. The average molecular weight is 2010 g/mol. The zero-order valence-electron chi connectivity index (χ0n) is 88.2. The fraction of sp³-hybridized carbons (Fsp3) is 0.474. The van der Waals surface area contributed by atoms with Gasteiger partial charge in [0.25, 0.3) is 0 Å². The summed E-state index contributed by atoms with van der Waals surface area (Å²) < 4.78 is 33.8. The number of rotatable bonds is 45. The van der Waals surface area contributed by atoms with E-state index in [1.807, 2.05) is 56.0 Å². The number of H-pyrrole nitrogens is 9. The van der Waals surface area contributed by atoms with E-state index in [9.17, 15) is 50.4 Å². The van der Waals surface area contributed by atoms with Crippen molar-refractivity contribution in [1.82, 2.24) is 44.9 Å². The molecule has 12 aromatic rings. The number of fused-ring (bicyclic) bond motifs is 14. The van der Waals surface area contributed by atoms with Gasteiger partial charge in [0.1, 0.15) is 0 Å². The second-order valence-electron chi connectivity index (χ2n) is 37.1. The Morgan fingerprint density at radius 2 is 0.562 bits per heavy atom. The highest BCUT2D eigenvalue weighted by atomic mass is 16.5. The molecular formula is C114H157N15O17. The topological polar surface area (TPSA) is 515 Å². The number of nitrogen functional groups attached to an aromatic ring is 2. The summed E-state index contributed by atoms with van der Waals surface area (Å²) in [5, 5.41) is 85.0. The van der Waals surface area contributed by atoms with Crippen LogP contribution in [-0.4, -0.2) is 229 Å². The quantitative estimate of drug-likeness (QED) is 0.00957. The monoisotopic (exact) mass is 2010 g/mol. The number of carbonyl (C=O) groups is 2. The molecule has 3 aromatic carbocycles. The Kier molecular flexibility index (Phi) is 43.7. The summed E-state index contributed by atoms with van der Waals surface area (Å²) >= 11 is 0. The van der Waals surface area contributed by atoms with Gasteiger partial charge in [-0.25, -0.2) is 0 Å². The van der Waals surface area contributed by atoms with Crippen molar-refractivity contribution >= 4 is 71.6 Å². The number of aromatic nitrogens is 9. The molecule has 32 heteroatoms. The molecule has 0 saturated carbocycles. The van der Waals surface area contributed by atoms with Crippen LogP contribution in [0.25, 0.3) is 0 Å². The molecule has 0 amide bonds. The highest BCUT2D eigenvalue weighted by Gasteiger charge is 2.29. The lowest BCUT2D eigenvalue weighted by Crippen LogP contribution is -2.03. The van der Waals surface area contributed by atoms with Crippen LogP contribution in [0.3, 0.4) is 0 Å². The Morgan fingerprint density at radius 3 is 0.925 bits per heavy atom. The highest BCUT2D eigenvalue weighted by molar-refractivity contribution is 5.91. The number of aldehydes is 2. The van der Waals surface area contributed by atoms with Crippen LogP contribution in [0.4, 0.5) is 34.1 Å². The number of benzene rings is 3. The molecule has 0 aliphatic carbocycles. The first-order valence-corrected chi connectivity index (χ1v) is 51.8. The third-order valence-corrected chi connectivity index (χ3v) is 28.1. The third kappa shape index (κ3) is 27.6. The summed E-state index contributed by atoms with van der Waals surface area (Å²) in [6.07, 6.45) is 28.7. The molecule has 0 atom stereocenters. The van der Waals surface area contributed by atoms with Gasteiger partial charge in [0.05, 0.1) is 134 Å². The fourth-order valence-corrected chi connectivity index (χ4v) is 20.3. The van der Waals surface area contributed by atoms with E-state index >= 15 is 0 Å². The first-order chi connectivity index (χ1) is 70.8. The molecule has 146 heavy (non-hydrogen) atoms. The van der Waals surface area contributed by atoms with Gasteiger partial charge in [-0.3, -0.25) is 29.6 Å². The largest absolute Gasteiger partial charge is 0.493 e. The molecule has 11 heterocycles. The number of ether oxygens (including phenoxy) is 6. The maximum absolute atomic E-state index is 11.6. The van der Waals surface area contributed by atoms with Gasteiger partial charge in [0.15, 0.2) is 47.1 Å². The molecule has 0 spiro atoms. The van der Waals surface area contributed by atoms with Crippen LogP contribution in [0, 0.1) is 41.5 Å². The summed E-state index contributed by atoms with van der Waals surface area (Å²) in [6.45, 7) is 27.6. The van der Waals surface area contributed by atoms with E-state index < -0.39 is 0 Å². The maximum Gasteiger partial charge on any atom is 0.166 e. The lowest BCUT2D eigenvalue weighted by molar-refractivity contribution is 0.111. The zero-order chi connectivity index (χ0) is 105. The van der Waals surface area contributed by atoms with Crippen LogP contribution >= 0.6 is 0 Å². The zero-order valence-corrected chi connectivity index (χ0v) is 88.2. The van der Waals surface area contributed by atoms with E-state index in [1.165, 1.54) is 96.6 Å². The highest BCUT2D eigenvalue weighted by Crippen LogP contribution is 2.45. The molecule has 22 N–H and O–H groups in total. The van der Waals surface area contributed by atoms with Gasteiger partial charge in [0.2, 0.25) is 0 Å². The van der Waals surface area contributed by atoms with Crippen LogP contribution in [0.2, 0.25) is 0 Å². The number of carbonyl (C=O) groups excluding carboxylic acids is 2. The molecule has 2 aliphatic heterocycles. The molecule has 32 nitrogen and oxygen atoms in total. The SMILES string of the molecule is CCc1c(C=O)[nH]c(Cc2[nH]c(Cc3[nH]c(C=O)c(C)c3CCCO)c(C)c2CCCO)c1CC.CCc1c2[nH]c(c1CC)Cc1[nH]c(c(C)c1CCCO)Cc1[nH]c(c(C)c1CCCO)C=Nc1cc(OC)c(OCCCO)cc1N=C2.CCc1c2[nH]c(c1CC)Cc1[nH]c(c(C)c1CCCO)Cc1[nH]c(c(C)c1CCCO)C=Nc1cc(OCCCO)c(OC)cc1N=C2.COc1cc(N)c(N)cc1OCCCO. The lowest BCUT2D eigenvalue weighted by Gasteiger charge is -2.12. The molecule has 14 rings (SSSR count). The Morgan fingerprint density at radius 1 is 0.281 bits per heavy atom. The number of hydrogen-bond donors (Lipinski definition) is 20. The van der Waals surface area contributed by atoms with Gasteiger partial charge in [0, 0.05) is 222 Å². The second kappa shape index (κ2) is 56.2. The molecule has 0 fully saturated rings. The van der Waals surface area contributed by atoms with Crippen LogP contribution in [0.5, 0.6) is 34.5 Å². The number of nitrogens with zero attached hydrogens (tertiary/aromatic N) is 4. The molecule has 0 unspecified atom stereocenters. The first kappa shape index (κ1) is 114. The number of aromatic amines is 9. The van der Waals surface area contributed by atoms with Gasteiger partial charge in [-0.2, -0.15) is 0 Å². The van der Waals surface area contributed by atoms with Gasteiger partial charge in [-0.15, -0.1) is 0 Å². The molecule has 790 valence electrons. The van der Waals surface area contributed by atoms with E-state index in [0.29, 0.717) is 190 Å². The van der Waals surface area contributed by atoms with E-state index in [-0.39, 0.29) is 59.5 Å². The van der Waals surface area contributed by atoms with E-state index in [0.717, 1.165) is 198 Å². The lowest BCUT2D eigenvalue weighted by atomic mass is 9.97. The van der Waals surface area contributed by atoms with Crippen LogP contribution in [0.1, 0.15) is 312 Å². The van der Waals surface area contributed by atoms with E-state index in [4.69, 9.17) is 65.0 Å². The Labute approximate surface area is 857 Å². The van der Waals surface area contributed by atoms with Crippen molar-refractivity contribution < 1.29 is 84.0 Å². The fourth-order valence-electron chi connectivity index (χ4n) is 20.3. The molecule has 0 saturated heterocycles. The smallest absolute Gasteiger partial charge is 0.166 e. The van der Waals surface area contributed by atoms with Crippen molar-refractivity contribution in [1.29, 1.82) is 0 Å². The maximum atomic E-state index is 11.6. The van der Waals surface area contributed by atoms with Crippen LogP contribution in [0.15, 0.2) is 56.4 Å². The van der Waals surface area contributed by atoms with Crippen molar-refractivity contribution in [3.63, 3.8) is 0 Å². The van der Waals surface area contributed by atoms with Gasteiger partial charge in [-0.05, 0) is 257 Å². The Bertz CT molecular complexity index is 6430. The summed E-state index contributed by atoms with van der Waals surface area (Å²) in [7, 11) is 4.74.